The van der Waals surface area contributed by atoms with Crippen LogP contribution in [0.3, 0.4) is 0 Å². The van der Waals surface area contributed by atoms with Crippen LogP contribution in [0.2, 0.25) is 0 Å². The lowest BCUT2D eigenvalue weighted by atomic mass is 10.1. The third-order valence-corrected chi connectivity index (χ3v) is 3.62. The topological polar surface area (TPSA) is 38.1 Å². The van der Waals surface area contributed by atoms with E-state index in [0.717, 1.165) is 28.0 Å². The van der Waals surface area contributed by atoms with Crippen LogP contribution in [0.15, 0.2) is 42.5 Å². The van der Waals surface area contributed by atoms with Gasteiger partial charge in [-0.25, -0.2) is 4.98 Å². The molecule has 0 saturated heterocycles. The van der Waals surface area contributed by atoms with Crippen molar-refractivity contribution in [1.29, 1.82) is 0 Å². The van der Waals surface area contributed by atoms with Gasteiger partial charge in [-0.15, -0.1) is 0 Å². The van der Waals surface area contributed by atoms with Crippen LogP contribution < -0.4 is 0 Å². The smallest absolute Gasteiger partial charge is 0.140 e. The Kier molecular flexibility index (Phi) is 3.28. The number of hydrogen-bond acceptors (Lipinski definition) is 2. The average Bonchev–Trinajstić information content (AvgIpc) is 2.76. The number of aliphatic hydroxyl groups excluding tert-OH is 1. The van der Waals surface area contributed by atoms with Crippen molar-refractivity contribution in [3.8, 4) is 11.4 Å². The lowest BCUT2D eigenvalue weighted by Gasteiger charge is -2.03. The summed E-state index contributed by atoms with van der Waals surface area (Å²) in [5, 5.41) is 9.03. The summed E-state index contributed by atoms with van der Waals surface area (Å²) in [6.07, 6.45) is 0.673. The first-order valence-electron chi connectivity index (χ1n) is 6.82. The highest BCUT2D eigenvalue weighted by Crippen LogP contribution is 2.25. The quantitative estimate of drug-likeness (QED) is 0.791. The molecule has 3 aromatic rings. The maximum absolute atomic E-state index is 9.03. The van der Waals surface area contributed by atoms with Crippen LogP contribution in [0, 0.1) is 6.92 Å². The van der Waals surface area contributed by atoms with Gasteiger partial charge in [-0.1, -0.05) is 29.8 Å². The van der Waals surface area contributed by atoms with E-state index in [4.69, 9.17) is 10.1 Å². The molecule has 0 aliphatic rings. The normalized spacial score (nSPS) is 11.2. The van der Waals surface area contributed by atoms with Gasteiger partial charge in [-0.2, -0.15) is 0 Å². The first-order chi connectivity index (χ1) is 9.69. The van der Waals surface area contributed by atoms with Crippen molar-refractivity contribution in [3.63, 3.8) is 0 Å². The van der Waals surface area contributed by atoms with Crippen molar-refractivity contribution >= 4 is 11.0 Å². The summed E-state index contributed by atoms with van der Waals surface area (Å²) in [5.74, 6) is 0.977. The van der Waals surface area contributed by atoms with Gasteiger partial charge >= 0.3 is 0 Å². The van der Waals surface area contributed by atoms with E-state index in [9.17, 15) is 0 Å². The molecule has 0 spiro atoms. The van der Waals surface area contributed by atoms with Gasteiger partial charge in [0.15, 0.2) is 0 Å². The summed E-state index contributed by atoms with van der Waals surface area (Å²) in [7, 11) is 2.04. The average molecular weight is 266 g/mol. The van der Waals surface area contributed by atoms with Crippen molar-refractivity contribution in [3.05, 3.63) is 53.6 Å². The van der Waals surface area contributed by atoms with Crippen LogP contribution in [0.1, 0.15) is 11.1 Å². The summed E-state index contributed by atoms with van der Waals surface area (Å²) in [6, 6.07) is 14.6. The van der Waals surface area contributed by atoms with E-state index in [2.05, 4.69) is 54.0 Å². The van der Waals surface area contributed by atoms with E-state index < -0.39 is 0 Å². The fourth-order valence-electron chi connectivity index (χ4n) is 2.57. The Balaban J connectivity index is 2.15. The molecule has 0 aliphatic heterocycles. The molecular weight excluding hydrogens is 248 g/mol. The van der Waals surface area contributed by atoms with Gasteiger partial charge in [0.05, 0.1) is 11.0 Å². The van der Waals surface area contributed by atoms with Crippen molar-refractivity contribution in [1.82, 2.24) is 9.55 Å². The van der Waals surface area contributed by atoms with E-state index in [0.29, 0.717) is 6.42 Å². The summed E-state index contributed by atoms with van der Waals surface area (Å²) in [6.45, 7) is 2.26. The minimum Gasteiger partial charge on any atom is -0.396 e. The molecule has 20 heavy (non-hydrogen) atoms. The minimum atomic E-state index is 0.170. The highest BCUT2D eigenvalue weighted by Gasteiger charge is 2.10. The van der Waals surface area contributed by atoms with Crippen LogP contribution in [0.4, 0.5) is 0 Å². The number of aromatic nitrogens is 2. The number of benzene rings is 2. The molecule has 2 aromatic carbocycles. The van der Waals surface area contributed by atoms with Gasteiger partial charge in [-0.3, -0.25) is 0 Å². The second kappa shape index (κ2) is 5.10. The number of imidazole rings is 1. The van der Waals surface area contributed by atoms with Crippen molar-refractivity contribution in [2.75, 3.05) is 6.61 Å². The van der Waals surface area contributed by atoms with Gasteiger partial charge in [0, 0.05) is 19.2 Å². The Labute approximate surface area is 118 Å². The summed E-state index contributed by atoms with van der Waals surface area (Å²) in [5.41, 5.74) is 5.58. The fourth-order valence-corrected chi connectivity index (χ4v) is 2.57. The summed E-state index contributed by atoms with van der Waals surface area (Å²) >= 11 is 0. The number of nitrogens with zero attached hydrogens (tertiary/aromatic N) is 2. The largest absolute Gasteiger partial charge is 0.396 e. The molecule has 3 nitrogen and oxygen atoms in total. The Morgan fingerprint density at radius 2 is 2.00 bits per heavy atom. The third-order valence-electron chi connectivity index (χ3n) is 3.62. The van der Waals surface area contributed by atoms with E-state index in [-0.39, 0.29) is 6.61 Å². The lowest BCUT2D eigenvalue weighted by molar-refractivity contribution is 0.299. The lowest BCUT2D eigenvalue weighted by Crippen LogP contribution is -1.93. The number of aryl methyl sites for hydroxylation is 2. The monoisotopic (exact) mass is 266 g/mol. The van der Waals surface area contributed by atoms with E-state index in [1.165, 1.54) is 5.56 Å². The van der Waals surface area contributed by atoms with Crippen LogP contribution in [0.25, 0.3) is 22.4 Å². The second-order valence-corrected chi connectivity index (χ2v) is 5.16. The van der Waals surface area contributed by atoms with E-state index in [1.807, 2.05) is 7.05 Å². The van der Waals surface area contributed by atoms with Crippen LogP contribution in [-0.4, -0.2) is 21.3 Å². The SMILES string of the molecule is Cc1cccc(-c2nc3cc(CCO)ccc3n2C)c1. The summed E-state index contributed by atoms with van der Waals surface area (Å²) < 4.78 is 2.12. The minimum absolute atomic E-state index is 0.170. The molecule has 0 unspecified atom stereocenters. The number of hydrogen-bond donors (Lipinski definition) is 1. The van der Waals surface area contributed by atoms with Crippen LogP contribution in [-0.2, 0) is 13.5 Å². The van der Waals surface area contributed by atoms with Gasteiger partial charge in [0.1, 0.15) is 5.82 Å². The van der Waals surface area contributed by atoms with Crippen LogP contribution in [0.5, 0.6) is 0 Å². The Morgan fingerprint density at radius 3 is 2.75 bits per heavy atom. The molecule has 0 atom stereocenters. The molecule has 0 aliphatic carbocycles. The maximum Gasteiger partial charge on any atom is 0.140 e. The maximum atomic E-state index is 9.03. The highest BCUT2D eigenvalue weighted by molar-refractivity contribution is 5.81. The molecule has 0 amide bonds. The zero-order valence-electron chi connectivity index (χ0n) is 11.8. The van der Waals surface area contributed by atoms with Gasteiger partial charge < -0.3 is 9.67 Å². The third kappa shape index (κ3) is 2.21. The molecule has 1 heterocycles. The molecule has 3 heteroatoms. The fraction of sp³-hybridized carbons (Fsp3) is 0.235. The Bertz CT molecular complexity index is 759. The first-order valence-corrected chi connectivity index (χ1v) is 6.82. The van der Waals surface area contributed by atoms with Crippen LogP contribution >= 0.6 is 0 Å². The van der Waals surface area contributed by atoms with Crippen molar-refractivity contribution in [2.24, 2.45) is 7.05 Å². The summed E-state index contributed by atoms with van der Waals surface area (Å²) in [4.78, 5) is 4.75. The number of aliphatic hydroxyl groups is 1. The molecular formula is C17H18N2O. The van der Waals surface area contributed by atoms with Crippen molar-refractivity contribution in [2.45, 2.75) is 13.3 Å². The zero-order valence-corrected chi connectivity index (χ0v) is 11.8. The van der Waals surface area contributed by atoms with Crippen molar-refractivity contribution < 1.29 is 5.11 Å². The van der Waals surface area contributed by atoms with Gasteiger partial charge in [0.25, 0.3) is 0 Å². The van der Waals surface area contributed by atoms with Gasteiger partial charge in [-0.05, 0) is 37.1 Å². The number of rotatable bonds is 3. The zero-order chi connectivity index (χ0) is 14.1. The first kappa shape index (κ1) is 12.9. The van der Waals surface area contributed by atoms with E-state index in [1.54, 1.807) is 0 Å². The molecule has 3 rings (SSSR count). The molecule has 1 N–H and O–H groups in total. The predicted octanol–water partition coefficient (Wildman–Crippen LogP) is 3.08. The van der Waals surface area contributed by atoms with Gasteiger partial charge in [0.2, 0.25) is 0 Å². The van der Waals surface area contributed by atoms with E-state index >= 15 is 0 Å². The molecule has 0 radical (unpaired) electrons. The Hall–Kier alpha value is -2.13. The number of fused-ring (bicyclic) bond motifs is 1. The molecule has 1 aromatic heterocycles. The molecule has 102 valence electrons. The predicted molar refractivity (Wildman–Crippen MR) is 81.7 cm³/mol. The highest BCUT2D eigenvalue weighted by atomic mass is 16.2. The molecule has 0 fully saturated rings. The second-order valence-electron chi connectivity index (χ2n) is 5.16. The standard InChI is InChI=1S/C17H18N2O/c1-12-4-3-5-14(10-12)17-18-15-11-13(8-9-20)6-7-16(15)19(17)2/h3-7,10-11,20H,8-9H2,1-2H3. The Morgan fingerprint density at radius 1 is 1.15 bits per heavy atom. The molecule has 0 saturated carbocycles. The molecule has 0 bridgehead atoms.